The van der Waals surface area contributed by atoms with Gasteiger partial charge in [0, 0.05) is 24.5 Å². The van der Waals surface area contributed by atoms with Crippen LogP contribution >= 0.6 is 23.1 Å². The number of alkyl halides is 1. The summed E-state index contributed by atoms with van der Waals surface area (Å²) in [6.45, 7) is 2.87. The molecule has 1 aromatic rings. The van der Waals surface area contributed by atoms with E-state index in [0.717, 1.165) is 29.8 Å². The van der Waals surface area contributed by atoms with E-state index in [1.165, 1.54) is 24.4 Å². The van der Waals surface area contributed by atoms with Crippen molar-refractivity contribution in [2.75, 3.05) is 11.9 Å². The van der Waals surface area contributed by atoms with E-state index < -0.39 is 0 Å². The number of halogens is 1. The maximum Gasteiger partial charge on any atom is 0.202 e. The van der Waals surface area contributed by atoms with Crippen LogP contribution in [0.15, 0.2) is 0 Å². The smallest absolute Gasteiger partial charge is 0.202 e. The van der Waals surface area contributed by atoms with Gasteiger partial charge in [-0.05, 0) is 18.8 Å². The molecule has 0 aromatic carbocycles. The van der Waals surface area contributed by atoms with Gasteiger partial charge in [0.2, 0.25) is 5.13 Å². The van der Waals surface area contributed by atoms with Crippen molar-refractivity contribution in [1.82, 2.24) is 9.36 Å². The van der Waals surface area contributed by atoms with Gasteiger partial charge >= 0.3 is 0 Å². The predicted molar refractivity (Wildman–Crippen MR) is 60.1 cm³/mol. The summed E-state index contributed by atoms with van der Waals surface area (Å²) >= 11 is 7.58. The van der Waals surface area contributed by atoms with Crippen LogP contribution in [0.3, 0.4) is 0 Å². The summed E-state index contributed by atoms with van der Waals surface area (Å²) in [4.78, 5) is 4.32. The molecule has 0 amide bonds. The molecule has 1 heterocycles. The molecule has 0 bridgehead atoms. The number of anilines is 1. The molecule has 14 heavy (non-hydrogen) atoms. The molecular formula is C9H14ClN3S. The van der Waals surface area contributed by atoms with E-state index in [2.05, 4.69) is 21.6 Å². The molecule has 1 N–H and O–H groups in total. The highest BCUT2D eigenvalue weighted by Gasteiger charge is 2.29. The Kier molecular flexibility index (Phi) is 3.23. The normalized spacial score (nSPS) is 18.1. The lowest BCUT2D eigenvalue weighted by atomic mass is 10.3. The second-order valence-corrected chi connectivity index (χ2v) is 4.92. The van der Waals surface area contributed by atoms with Gasteiger partial charge in [-0.1, -0.05) is 6.92 Å². The van der Waals surface area contributed by atoms with Crippen molar-refractivity contribution in [2.24, 2.45) is 5.92 Å². The molecule has 0 spiro atoms. The van der Waals surface area contributed by atoms with Crippen molar-refractivity contribution >= 4 is 28.3 Å². The minimum Gasteiger partial charge on any atom is -0.359 e. The Labute approximate surface area is 93.1 Å². The summed E-state index contributed by atoms with van der Waals surface area (Å²) in [5, 5.41) is 4.38. The average Bonchev–Trinajstić information content (AvgIpc) is 2.94. The summed E-state index contributed by atoms with van der Waals surface area (Å²) in [5.74, 6) is 1.64. The average molecular weight is 232 g/mol. The molecule has 3 nitrogen and oxygen atoms in total. The molecule has 0 aliphatic heterocycles. The van der Waals surface area contributed by atoms with Crippen LogP contribution in [0.2, 0.25) is 0 Å². The number of rotatable bonds is 5. The van der Waals surface area contributed by atoms with E-state index in [-0.39, 0.29) is 5.38 Å². The topological polar surface area (TPSA) is 37.8 Å². The molecule has 1 aliphatic carbocycles. The number of aromatic nitrogens is 2. The minimum absolute atomic E-state index is 0.254. The first-order chi connectivity index (χ1) is 6.79. The number of aryl methyl sites for hydroxylation is 1. The highest BCUT2D eigenvalue weighted by Crippen LogP contribution is 2.35. The fraction of sp³-hybridized carbons (Fsp3) is 0.778. The van der Waals surface area contributed by atoms with Crippen molar-refractivity contribution in [3.8, 4) is 0 Å². The van der Waals surface area contributed by atoms with Gasteiger partial charge in [-0.3, -0.25) is 0 Å². The van der Waals surface area contributed by atoms with Gasteiger partial charge in [-0.15, -0.1) is 11.6 Å². The van der Waals surface area contributed by atoms with Crippen molar-refractivity contribution in [3.63, 3.8) is 0 Å². The summed E-state index contributed by atoms with van der Waals surface area (Å²) in [6.07, 6.45) is 3.46. The summed E-state index contributed by atoms with van der Waals surface area (Å²) in [5.41, 5.74) is 0. The summed E-state index contributed by atoms with van der Waals surface area (Å²) in [6, 6.07) is 0. The maximum atomic E-state index is 6.16. The van der Waals surface area contributed by atoms with Crippen molar-refractivity contribution < 1.29 is 0 Å². The highest BCUT2D eigenvalue weighted by atomic mass is 35.5. The summed E-state index contributed by atoms with van der Waals surface area (Å²) < 4.78 is 4.20. The van der Waals surface area contributed by atoms with Crippen LogP contribution in [0.5, 0.6) is 0 Å². The zero-order valence-corrected chi connectivity index (χ0v) is 9.74. The minimum atomic E-state index is 0.254. The van der Waals surface area contributed by atoms with E-state index in [0.29, 0.717) is 0 Å². The molecule has 1 saturated carbocycles. The Morgan fingerprint density at radius 3 is 3.00 bits per heavy atom. The largest absolute Gasteiger partial charge is 0.359 e. The third-order valence-electron chi connectivity index (χ3n) is 2.37. The second kappa shape index (κ2) is 4.45. The first kappa shape index (κ1) is 10.2. The molecule has 1 aromatic heterocycles. The fourth-order valence-corrected chi connectivity index (χ4v) is 2.26. The van der Waals surface area contributed by atoms with Gasteiger partial charge in [-0.25, -0.2) is 4.98 Å². The van der Waals surface area contributed by atoms with Crippen LogP contribution in [0.25, 0.3) is 0 Å². The number of nitrogens with one attached hydrogen (secondary N) is 1. The van der Waals surface area contributed by atoms with Gasteiger partial charge in [0.05, 0.1) is 5.38 Å². The first-order valence-corrected chi connectivity index (χ1v) is 6.21. The van der Waals surface area contributed by atoms with Crippen LogP contribution in [0.1, 0.15) is 25.6 Å². The third-order valence-corrected chi connectivity index (χ3v) is 3.59. The van der Waals surface area contributed by atoms with Gasteiger partial charge in [0.15, 0.2) is 0 Å². The van der Waals surface area contributed by atoms with Gasteiger partial charge in [0.1, 0.15) is 5.82 Å². The highest BCUT2D eigenvalue weighted by molar-refractivity contribution is 7.09. The Hall–Kier alpha value is -0.350. The number of nitrogens with zero attached hydrogens (tertiary/aromatic N) is 2. The monoisotopic (exact) mass is 231 g/mol. The van der Waals surface area contributed by atoms with Gasteiger partial charge < -0.3 is 5.32 Å². The first-order valence-electron chi connectivity index (χ1n) is 5.00. The molecule has 0 radical (unpaired) electrons. The number of hydrogen-bond acceptors (Lipinski definition) is 4. The Morgan fingerprint density at radius 1 is 1.64 bits per heavy atom. The number of hydrogen-bond donors (Lipinski definition) is 1. The van der Waals surface area contributed by atoms with E-state index in [1.807, 2.05) is 0 Å². The molecule has 1 unspecified atom stereocenters. The van der Waals surface area contributed by atoms with Crippen LogP contribution in [0, 0.1) is 5.92 Å². The Morgan fingerprint density at radius 2 is 2.43 bits per heavy atom. The molecule has 1 atom stereocenters. The molecule has 5 heteroatoms. The van der Waals surface area contributed by atoms with Crippen molar-refractivity contribution in [3.05, 3.63) is 5.82 Å². The second-order valence-electron chi connectivity index (χ2n) is 3.60. The molecule has 1 aliphatic rings. The molecular weight excluding hydrogens is 218 g/mol. The lowest BCUT2D eigenvalue weighted by Crippen LogP contribution is -2.15. The van der Waals surface area contributed by atoms with Crippen molar-refractivity contribution in [1.29, 1.82) is 0 Å². The zero-order valence-electron chi connectivity index (χ0n) is 8.16. The van der Waals surface area contributed by atoms with E-state index >= 15 is 0 Å². The third kappa shape index (κ3) is 2.58. The van der Waals surface area contributed by atoms with Crippen LogP contribution in [-0.4, -0.2) is 21.3 Å². The van der Waals surface area contributed by atoms with Gasteiger partial charge in [-0.2, -0.15) is 4.37 Å². The maximum absolute atomic E-state index is 6.16. The molecule has 2 rings (SSSR count). The zero-order chi connectivity index (χ0) is 9.97. The lowest BCUT2D eigenvalue weighted by Gasteiger charge is -2.07. The van der Waals surface area contributed by atoms with E-state index in [9.17, 15) is 0 Å². The fourth-order valence-electron chi connectivity index (χ4n) is 1.28. The van der Waals surface area contributed by atoms with Crippen LogP contribution in [-0.2, 0) is 6.42 Å². The predicted octanol–water partition coefficient (Wildman–Crippen LogP) is 2.53. The van der Waals surface area contributed by atoms with E-state index in [1.54, 1.807) is 0 Å². The van der Waals surface area contributed by atoms with Gasteiger partial charge in [0.25, 0.3) is 0 Å². The SMILES string of the molecule is CCc1nsc(NCC(Cl)C2CC2)n1. The van der Waals surface area contributed by atoms with Crippen LogP contribution < -0.4 is 5.32 Å². The van der Waals surface area contributed by atoms with E-state index in [4.69, 9.17) is 11.6 Å². The Balaban J connectivity index is 1.78. The standard InChI is InChI=1S/C9H14ClN3S/c1-2-8-12-9(14-13-8)11-5-7(10)6-3-4-6/h6-7H,2-5H2,1H3,(H,11,12,13). The Bertz CT molecular complexity index is 298. The molecule has 78 valence electrons. The lowest BCUT2D eigenvalue weighted by molar-refractivity contribution is 0.769. The van der Waals surface area contributed by atoms with Crippen LogP contribution in [0.4, 0.5) is 5.13 Å². The quantitative estimate of drug-likeness (QED) is 0.792. The summed E-state index contributed by atoms with van der Waals surface area (Å²) in [7, 11) is 0. The molecule has 0 saturated heterocycles. The molecule has 1 fully saturated rings. The van der Waals surface area contributed by atoms with Crippen molar-refractivity contribution in [2.45, 2.75) is 31.6 Å².